The lowest BCUT2D eigenvalue weighted by Gasteiger charge is -2.41. The molecule has 0 saturated heterocycles. The lowest BCUT2D eigenvalue weighted by molar-refractivity contribution is -0.120. The molecule has 2 aliphatic carbocycles. The number of allylic oxidation sites excluding steroid dienone is 1. The van der Waals surface area contributed by atoms with Gasteiger partial charge in [0.25, 0.3) is 0 Å². The molecule has 0 aromatic heterocycles. The monoisotopic (exact) mass is 400 g/mol. The van der Waals surface area contributed by atoms with Gasteiger partial charge in [-0.05, 0) is 75.6 Å². The molecule has 0 N–H and O–H groups in total. The van der Waals surface area contributed by atoms with E-state index in [9.17, 15) is 4.79 Å². The maximum absolute atomic E-state index is 13.0. The lowest BCUT2D eigenvalue weighted by Crippen LogP contribution is -2.40. The zero-order chi connectivity index (χ0) is 21.4. The number of carbonyl (C=O) groups is 1. The molecule has 0 spiro atoms. The summed E-state index contributed by atoms with van der Waals surface area (Å²) in [5.41, 5.74) is 3.30. The Balaban J connectivity index is 1.91. The van der Waals surface area contributed by atoms with Crippen molar-refractivity contribution < 1.29 is 19.0 Å². The summed E-state index contributed by atoms with van der Waals surface area (Å²) in [5, 5.41) is 0. The van der Waals surface area contributed by atoms with Gasteiger partial charge in [-0.1, -0.05) is 19.4 Å². The predicted octanol–water partition coefficient (Wildman–Crippen LogP) is 5.53. The number of benzene rings is 1. The van der Waals surface area contributed by atoms with E-state index in [0.717, 1.165) is 48.3 Å². The van der Waals surface area contributed by atoms with Crippen molar-refractivity contribution in [1.29, 1.82) is 0 Å². The van der Waals surface area contributed by atoms with Crippen LogP contribution in [0.2, 0.25) is 0 Å². The third kappa shape index (κ3) is 4.53. The van der Waals surface area contributed by atoms with E-state index in [1.54, 1.807) is 14.2 Å². The molecular formula is C25H36O4. The number of Topliss-reactive ketones (excluding diaryl/α,β-unsaturated/α-hetero) is 1. The van der Waals surface area contributed by atoms with Crippen molar-refractivity contribution in [3.63, 3.8) is 0 Å². The molecule has 1 aromatic carbocycles. The van der Waals surface area contributed by atoms with Crippen molar-refractivity contribution in [3.8, 4) is 11.5 Å². The Morgan fingerprint density at radius 2 is 1.72 bits per heavy atom. The summed E-state index contributed by atoms with van der Waals surface area (Å²) in [6.07, 6.45) is 4.45. The van der Waals surface area contributed by atoms with Crippen molar-refractivity contribution in [2.24, 2.45) is 11.3 Å². The average molecular weight is 401 g/mol. The number of carbonyl (C=O) groups excluding carboxylic acids is 1. The first-order valence-electron chi connectivity index (χ1n) is 10.7. The fourth-order valence-corrected chi connectivity index (χ4v) is 5.13. The minimum absolute atomic E-state index is 0.0309. The van der Waals surface area contributed by atoms with Crippen LogP contribution in [0.25, 0.3) is 0 Å². The molecule has 4 heteroatoms. The van der Waals surface area contributed by atoms with Crippen molar-refractivity contribution >= 4 is 5.78 Å². The van der Waals surface area contributed by atoms with E-state index >= 15 is 0 Å². The number of fused-ring (bicyclic) bond motifs is 1. The summed E-state index contributed by atoms with van der Waals surface area (Å²) >= 11 is 0. The Bertz CT molecular complexity index is 779. The van der Waals surface area contributed by atoms with E-state index in [-0.39, 0.29) is 23.0 Å². The van der Waals surface area contributed by atoms with E-state index in [2.05, 4.69) is 34.6 Å². The summed E-state index contributed by atoms with van der Waals surface area (Å²) < 4.78 is 17.3. The van der Waals surface area contributed by atoms with Gasteiger partial charge in [-0.3, -0.25) is 4.79 Å². The highest BCUT2D eigenvalue weighted by molar-refractivity contribution is 5.98. The zero-order valence-corrected chi connectivity index (χ0v) is 19.1. The highest BCUT2D eigenvalue weighted by Gasteiger charge is 2.49. The highest BCUT2D eigenvalue weighted by atomic mass is 16.5. The lowest BCUT2D eigenvalue weighted by atomic mass is 9.68. The van der Waals surface area contributed by atoms with Crippen LogP contribution < -0.4 is 9.47 Å². The molecule has 3 rings (SSSR count). The molecule has 2 aliphatic rings. The SMILES string of the molecule is COc1cc(C[C@@H](C)C2=C3CC[C@H](OC(C)(C)C)[C@@]3(C)CCC2=O)cc(OC)c1. The molecule has 0 radical (unpaired) electrons. The fourth-order valence-electron chi connectivity index (χ4n) is 5.13. The van der Waals surface area contributed by atoms with Crippen LogP contribution in [0.15, 0.2) is 29.3 Å². The van der Waals surface area contributed by atoms with Gasteiger partial charge in [-0.25, -0.2) is 0 Å². The Labute approximate surface area is 175 Å². The fraction of sp³-hybridized carbons (Fsp3) is 0.640. The molecule has 0 unspecified atom stereocenters. The summed E-state index contributed by atoms with van der Waals surface area (Å²) in [6, 6.07) is 5.96. The Hall–Kier alpha value is -1.81. The maximum Gasteiger partial charge on any atom is 0.159 e. The second-order valence-corrected chi connectivity index (χ2v) is 9.82. The van der Waals surface area contributed by atoms with Crippen molar-refractivity contribution in [2.45, 2.75) is 78.4 Å². The molecular weight excluding hydrogens is 364 g/mol. The van der Waals surface area contributed by atoms with Gasteiger partial charge in [-0.15, -0.1) is 0 Å². The van der Waals surface area contributed by atoms with Gasteiger partial charge in [0.05, 0.1) is 25.9 Å². The van der Waals surface area contributed by atoms with Gasteiger partial charge in [0.2, 0.25) is 0 Å². The quantitative estimate of drug-likeness (QED) is 0.630. The predicted molar refractivity (Wildman–Crippen MR) is 116 cm³/mol. The van der Waals surface area contributed by atoms with Crippen molar-refractivity contribution in [1.82, 2.24) is 0 Å². The highest BCUT2D eigenvalue weighted by Crippen LogP contribution is 2.54. The van der Waals surface area contributed by atoms with Crippen LogP contribution >= 0.6 is 0 Å². The van der Waals surface area contributed by atoms with Gasteiger partial charge in [-0.2, -0.15) is 0 Å². The molecule has 1 saturated carbocycles. The van der Waals surface area contributed by atoms with Gasteiger partial charge in [0.1, 0.15) is 11.5 Å². The van der Waals surface area contributed by atoms with E-state index in [1.807, 2.05) is 18.2 Å². The summed E-state index contributed by atoms with van der Waals surface area (Å²) in [5.74, 6) is 2.03. The van der Waals surface area contributed by atoms with Gasteiger partial charge in [0, 0.05) is 17.9 Å². The van der Waals surface area contributed by atoms with Crippen LogP contribution in [-0.2, 0) is 16.0 Å². The van der Waals surface area contributed by atoms with Crippen LogP contribution in [-0.4, -0.2) is 31.7 Å². The molecule has 0 heterocycles. The van der Waals surface area contributed by atoms with E-state index < -0.39 is 0 Å². The number of ketones is 1. The first kappa shape index (κ1) is 21.9. The van der Waals surface area contributed by atoms with Crippen LogP contribution in [0.1, 0.15) is 65.9 Å². The van der Waals surface area contributed by atoms with Crippen LogP contribution in [0.5, 0.6) is 11.5 Å². The number of ether oxygens (including phenoxy) is 3. The molecule has 160 valence electrons. The number of methoxy groups -OCH3 is 2. The maximum atomic E-state index is 13.0. The van der Waals surface area contributed by atoms with Gasteiger partial charge < -0.3 is 14.2 Å². The minimum atomic E-state index is -0.173. The first-order valence-corrected chi connectivity index (χ1v) is 10.7. The molecule has 0 amide bonds. The zero-order valence-electron chi connectivity index (χ0n) is 19.1. The standard InChI is InChI=1S/C25H36O4/c1-16(12-17-13-18(27-6)15-19(14-17)28-7)23-20-8-9-22(29-24(2,3)4)25(20,5)11-10-21(23)26/h13-16,22H,8-12H2,1-7H3/t16-,22+,25+/m1/s1. The Morgan fingerprint density at radius 3 is 2.28 bits per heavy atom. The van der Waals surface area contributed by atoms with Gasteiger partial charge >= 0.3 is 0 Å². The van der Waals surface area contributed by atoms with Crippen molar-refractivity contribution in [2.75, 3.05) is 14.2 Å². The van der Waals surface area contributed by atoms with Crippen LogP contribution in [0.3, 0.4) is 0 Å². The molecule has 1 fully saturated rings. The molecule has 0 bridgehead atoms. The Kier molecular flexibility index (Phi) is 6.14. The van der Waals surface area contributed by atoms with E-state index in [1.165, 1.54) is 5.57 Å². The molecule has 3 atom stereocenters. The van der Waals surface area contributed by atoms with Gasteiger partial charge in [0.15, 0.2) is 5.78 Å². The first-order chi connectivity index (χ1) is 13.6. The third-order valence-electron chi connectivity index (χ3n) is 6.50. The largest absolute Gasteiger partial charge is 0.497 e. The summed E-state index contributed by atoms with van der Waals surface area (Å²) in [7, 11) is 3.33. The Morgan fingerprint density at radius 1 is 1.10 bits per heavy atom. The summed E-state index contributed by atoms with van der Waals surface area (Å²) in [4.78, 5) is 13.0. The van der Waals surface area contributed by atoms with Crippen LogP contribution in [0, 0.1) is 11.3 Å². The smallest absolute Gasteiger partial charge is 0.159 e. The third-order valence-corrected chi connectivity index (χ3v) is 6.50. The number of rotatable bonds is 6. The number of hydrogen-bond donors (Lipinski definition) is 0. The van der Waals surface area contributed by atoms with E-state index in [0.29, 0.717) is 12.2 Å². The second-order valence-electron chi connectivity index (χ2n) is 9.82. The second kappa shape index (κ2) is 8.14. The molecule has 1 aromatic rings. The normalized spacial score (nSPS) is 25.8. The minimum Gasteiger partial charge on any atom is -0.497 e. The topological polar surface area (TPSA) is 44.8 Å². The molecule has 29 heavy (non-hydrogen) atoms. The summed E-state index contributed by atoms with van der Waals surface area (Å²) in [6.45, 7) is 10.8. The van der Waals surface area contributed by atoms with Crippen molar-refractivity contribution in [3.05, 3.63) is 34.9 Å². The van der Waals surface area contributed by atoms with Crippen LogP contribution in [0.4, 0.5) is 0 Å². The molecule has 0 aliphatic heterocycles. The number of hydrogen-bond acceptors (Lipinski definition) is 4. The van der Waals surface area contributed by atoms with E-state index in [4.69, 9.17) is 14.2 Å². The molecule has 4 nitrogen and oxygen atoms in total. The average Bonchev–Trinajstić information content (AvgIpc) is 2.96.